The first-order chi connectivity index (χ1) is 12.7. The summed E-state index contributed by atoms with van der Waals surface area (Å²) < 4.78 is 10.6. The van der Waals surface area contributed by atoms with E-state index in [0.717, 1.165) is 11.1 Å². The van der Waals surface area contributed by atoms with Crippen molar-refractivity contribution in [3.05, 3.63) is 84.9 Å². The molecule has 0 fully saturated rings. The van der Waals surface area contributed by atoms with E-state index in [-0.39, 0.29) is 12.8 Å². The molecular formula is C22H18O4. The number of ether oxygens (including phenoxy) is 2. The van der Waals surface area contributed by atoms with Crippen LogP contribution in [-0.4, -0.2) is 11.9 Å². The molecule has 0 aliphatic rings. The molecule has 3 aromatic carbocycles. The van der Waals surface area contributed by atoms with Crippen molar-refractivity contribution in [2.24, 2.45) is 0 Å². The largest absolute Gasteiger partial charge is 0.427 e. The zero-order chi connectivity index (χ0) is 18.2. The van der Waals surface area contributed by atoms with E-state index >= 15 is 0 Å². The molecule has 3 rings (SSSR count). The van der Waals surface area contributed by atoms with Crippen LogP contribution in [0.15, 0.2) is 84.9 Å². The number of esters is 2. The molecule has 130 valence electrons. The molecule has 0 amide bonds. The van der Waals surface area contributed by atoms with E-state index < -0.39 is 11.9 Å². The van der Waals surface area contributed by atoms with Gasteiger partial charge in [0.1, 0.15) is 11.5 Å². The number of rotatable bonds is 6. The first-order valence-corrected chi connectivity index (χ1v) is 8.33. The average Bonchev–Trinajstić information content (AvgIpc) is 2.68. The number of carbonyl (C=O) groups is 2. The summed E-state index contributed by atoms with van der Waals surface area (Å²) in [6.07, 6.45) is -0.0873. The van der Waals surface area contributed by atoms with Gasteiger partial charge in [0.25, 0.3) is 0 Å². The fourth-order valence-electron chi connectivity index (χ4n) is 2.46. The van der Waals surface area contributed by atoms with Gasteiger partial charge < -0.3 is 9.47 Å². The van der Waals surface area contributed by atoms with E-state index in [2.05, 4.69) is 0 Å². The van der Waals surface area contributed by atoms with Gasteiger partial charge in [-0.15, -0.1) is 0 Å². The fraction of sp³-hybridized carbons (Fsp3) is 0.0909. The minimum atomic E-state index is -0.474. The number of benzene rings is 3. The van der Waals surface area contributed by atoms with E-state index in [1.54, 1.807) is 36.4 Å². The van der Waals surface area contributed by atoms with Gasteiger partial charge in [0, 0.05) is 5.56 Å². The van der Waals surface area contributed by atoms with Crippen LogP contribution in [-0.2, 0) is 9.59 Å². The molecule has 0 radical (unpaired) electrons. The lowest BCUT2D eigenvalue weighted by Gasteiger charge is -2.10. The van der Waals surface area contributed by atoms with Gasteiger partial charge in [0.15, 0.2) is 0 Å². The van der Waals surface area contributed by atoms with Gasteiger partial charge in [0.05, 0.1) is 12.8 Å². The summed E-state index contributed by atoms with van der Waals surface area (Å²) in [4.78, 5) is 24.0. The van der Waals surface area contributed by atoms with Crippen LogP contribution in [0.25, 0.3) is 11.1 Å². The monoisotopic (exact) mass is 346 g/mol. The molecule has 4 heteroatoms. The van der Waals surface area contributed by atoms with Crippen molar-refractivity contribution in [2.45, 2.75) is 12.8 Å². The van der Waals surface area contributed by atoms with E-state index in [1.807, 2.05) is 48.5 Å². The number of hydrogen-bond acceptors (Lipinski definition) is 4. The van der Waals surface area contributed by atoms with Crippen molar-refractivity contribution in [3.63, 3.8) is 0 Å². The van der Waals surface area contributed by atoms with Gasteiger partial charge in [-0.2, -0.15) is 0 Å². The summed E-state index contributed by atoms with van der Waals surface area (Å²) >= 11 is 0. The molecule has 0 heterocycles. The quantitative estimate of drug-likeness (QED) is 0.482. The van der Waals surface area contributed by atoms with Crippen molar-refractivity contribution in [1.29, 1.82) is 0 Å². The van der Waals surface area contributed by atoms with E-state index in [1.165, 1.54) is 0 Å². The van der Waals surface area contributed by atoms with Crippen LogP contribution in [0, 0.1) is 0 Å². The molecule has 0 unspecified atom stereocenters. The molecule has 0 atom stereocenters. The van der Waals surface area contributed by atoms with Crippen LogP contribution in [0.4, 0.5) is 0 Å². The molecule has 26 heavy (non-hydrogen) atoms. The van der Waals surface area contributed by atoms with Crippen LogP contribution in [0.3, 0.4) is 0 Å². The SMILES string of the molecule is O=C(CCC(=O)Oc1ccccc1-c1ccccc1)Oc1ccccc1. The Hall–Kier alpha value is -3.40. The van der Waals surface area contributed by atoms with Gasteiger partial charge in [0.2, 0.25) is 0 Å². The Bertz CT molecular complexity index is 873. The van der Waals surface area contributed by atoms with Gasteiger partial charge in [-0.25, -0.2) is 0 Å². The molecule has 0 bridgehead atoms. The fourth-order valence-corrected chi connectivity index (χ4v) is 2.46. The Labute approximate surface area is 152 Å². The molecule has 3 aromatic rings. The average molecular weight is 346 g/mol. The minimum Gasteiger partial charge on any atom is -0.427 e. The van der Waals surface area contributed by atoms with Crippen molar-refractivity contribution >= 4 is 11.9 Å². The second-order valence-corrected chi connectivity index (χ2v) is 5.62. The lowest BCUT2D eigenvalue weighted by Crippen LogP contribution is -2.14. The Kier molecular flexibility index (Phi) is 5.78. The highest BCUT2D eigenvalue weighted by atomic mass is 16.5. The zero-order valence-corrected chi connectivity index (χ0v) is 14.1. The summed E-state index contributed by atoms with van der Waals surface area (Å²) in [7, 11) is 0. The number of para-hydroxylation sites is 2. The number of hydrogen-bond donors (Lipinski definition) is 0. The molecule has 0 saturated carbocycles. The standard InChI is InChI=1S/C22H18O4/c23-21(25-18-11-5-2-6-12-18)15-16-22(24)26-20-14-8-7-13-19(20)17-9-3-1-4-10-17/h1-14H,15-16H2. The van der Waals surface area contributed by atoms with Crippen LogP contribution in [0.1, 0.15) is 12.8 Å². The third-order valence-corrected chi connectivity index (χ3v) is 3.70. The van der Waals surface area contributed by atoms with E-state index in [9.17, 15) is 9.59 Å². The maximum Gasteiger partial charge on any atom is 0.311 e. The summed E-state index contributed by atoms with van der Waals surface area (Å²) in [6, 6.07) is 25.7. The second kappa shape index (κ2) is 8.62. The van der Waals surface area contributed by atoms with Gasteiger partial charge >= 0.3 is 11.9 Å². The lowest BCUT2D eigenvalue weighted by atomic mass is 10.1. The zero-order valence-electron chi connectivity index (χ0n) is 14.1. The highest BCUT2D eigenvalue weighted by molar-refractivity contribution is 5.82. The maximum absolute atomic E-state index is 12.1. The van der Waals surface area contributed by atoms with Crippen LogP contribution in [0.5, 0.6) is 11.5 Å². The Balaban J connectivity index is 1.58. The molecule has 0 aromatic heterocycles. The van der Waals surface area contributed by atoms with Crippen molar-refractivity contribution in [3.8, 4) is 22.6 Å². The predicted octanol–water partition coefficient (Wildman–Crippen LogP) is 4.64. The van der Waals surface area contributed by atoms with Gasteiger partial charge in [-0.3, -0.25) is 9.59 Å². The van der Waals surface area contributed by atoms with Crippen molar-refractivity contribution < 1.29 is 19.1 Å². The molecule has 0 spiro atoms. The van der Waals surface area contributed by atoms with Gasteiger partial charge in [-0.05, 0) is 23.8 Å². The summed E-state index contributed by atoms with van der Waals surface area (Å²) in [5.41, 5.74) is 1.78. The molecular weight excluding hydrogens is 328 g/mol. The van der Waals surface area contributed by atoms with Crippen LogP contribution >= 0.6 is 0 Å². The number of carbonyl (C=O) groups excluding carboxylic acids is 2. The maximum atomic E-state index is 12.1. The van der Waals surface area contributed by atoms with E-state index in [0.29, 0.717) is 11.5 Å². The third kappa shape index (κ3) is 4.80. The third-order valence-electron chi connectivity index (χ3n) is 3.70. The first kappa shape index (κ1) is 17.4. The topological polar surface area (TPSA) is 52.6 Å². The van der Waals surface area contributed by atoms with Crippen LogP contribution < -0.4 is 9.47 Å². The highest BCUT2D eigenvalue weighted by Gasteiger charge is 2.13. The Morgan fingerprint density at radius 1 is 0.615 bits per heavy atom. The lowest BCUT2D eigenvalue weighted by molar-refractivity contribution is -0.140. The molecule has 0 aliphatic heterocycles. The smallest absolute Gasteiger partial charge is 0.311 e. The first-order valence-electron chi connectivity index (χ1n) is 8.33. The van der Waals surface area contributed by atoms with Crippen molar-refractivity contribution in [2.75, 3.05) is 0 Å². The minimum absolute atomic E-state index is 0.0404. The van der Waals surface area contributed by atoms with Crippen molar-refractivity contribution in [1.82, 2.24) is 0 Å². The highest BCUT2D eigenvalue weighted by Crippen LogP contribution is 2.29. The van der Waals surface area contributed by atoms with Gasteiger partial charge in [-0.1, -0.05) is 66.7 Å². The molecule has 0 aliphatic carbocycles. The Morgan fingerprint density at radius 3 is 1.85 bits per heavy atom. The Morgan fingerprint density at radius 2 is 1.15 bits per heavy atom. The summed E-state index contributed by atoms with van der Waals surface area (Å²) in [6.45, 7) is 0. The molecule has 4 nitrogen and oxygen atoms in total. The van der Waals surface area contributed by atoms with E-state index in [4.69, 9.17) is 9.47 Å². The second-order valence-electron chi connectivity index (χ2n) is 5.62. The predicted molar refractivity (Wildman–Crippen MR) is 98.8 cm³/mol. The summed E-state index contributed by atoms with van der Waals surface area (Å²) in [5.74, 6) is -0.0108. The normalized spacial score (nSPS) is 10.2. The summed E-state index contributed by atoms with van der Waals surface area (Å²) in [5, 5.41) is 0. The molecule has 0 N–H and O–H groups in total. The molecule has 0 saturated heterocycles. The van der Waals surface area contributed by atoms with Crippen LogP contribution in [0.2, 0.25) is 0 Å².